The zero-order chi connectivity index (χ0) is 15.9. The lowest BCUT2D eigenvalue weighted by Crippen LogP contribution is -2.35. The maximum Gasteiger partial charge on any atom is 0.293 e. The van der Waals surface area contributed by atoms with Gasteiger partial charge in [-0.2, -0.15) is 0 Å². The van der Waals surface area contributed by atoms with Gasteiger partial charge in [-0.05, 0) is 33.1 Å². The molecular weight excluding hydrogens is 262 g/mol. The lowest BCUT2D eigenvalue weighted by atomic mass is 10.0. The minimum Gasteiger partial charge on any atom is -0.365 e. The molecular formula is C17H31N3O. The third kappa shape index (κ3) is 6.32. The quantitative estimate of drug-likeness (QED) is 0.736. The summed E-state index contributed by atoms with van der Waals surface area (Å²) >= 11 is 0. The highest BCUT2D eigenvalue weighted by molar-refractivity contribution is 5.30. The van der Waals surface area contributed by atoms with Crippen LogP contribution in [-0.2, 0) is 5.54 Å². The van der Waals surface area contributed by atoms with E-state index in [1.165, 1.54) is 25.7 Å². The van der Waals surface area contributed by atoms with E-state index >= 15 is 0 Å². The Hall–Kier alpha value is -1.32. The van der Waals surface area contributed by atoms with Crippen molar-refractivity contribution in [3.63, 3.8) is 0 Å². The molecule has 0 bridgehead atoms. The molecule has 1 aromatic rings. The van der Waals surface area contributed by atoms with Crippen molar-refractivity contribution in [3.8, 4) is 0 Å². The van der Waals surface area contributed by atoms with Crippen LogP contribution in [0.2, 0.25) is 0 Å². The van der Waals surface area contributed by atoms with Crippen molar-refractivity contribution < 1.29 is 0 Å². The minimum absolute atomic E-state index is 0.0372. The fraction of sp³-hybridized carbons (Fsp3) is 0.765. The van der Waals surface area contributed by atoms with E-state index in [4.69, 9.17) is 0 Å². The van der Waals surface area contributed by atoms with Gasteiger partial charge in [0.15, 0.2) is 5.82 Å². The lowest BCUT2D eigenvalue weighted by Gasteiger charge is -2.22. The summed E-state index contributed by atoms with van der Waals surface area (Å²) in [5.74, 6) is 1.27. The molecule has 0 spiro atoms. The van der Waals surface area contributed by atoms with Gasteiger partial charge in [-0.15, -0.1) is 0 Å². The number of nitrogens with zero attached hydrogens (tertiary/aromatic N) is 2. The lowest BCUT2D eigenvalue weighted by molar-refractivity contribution is 0.383. The molecule has 0 aliphatic carbocycles. The van der Waals surface area contributed by atoms with Crippen LogP contribution in [0.25, 0.3) is 0 Å². The Morgan fingerprint density at radius 3 is 2.48 bits per heavy atom. The number of rotatable bonds is 8. The minimum atomic E-state index is -0.215. The van der Waals surface area contributed by atoms with Gasteiger partial charge in [0.25, 0.3) is 5.56 Å². The van der Waals surface area contributed by atoms with E-state index in [9.17, 15) is 4.79 Å². The first-order valence-corrected chi connectivity index (χ1v) is 8.14. The molecule has 1 heterocycles. The van der Waals surface area contributed by atoms with Crippen molar-refractivity contribution >= 4 is 5.82 Å². The van der Waals surface area contributed by atoms with Crippen LogP contribution in [0.15, 0.2) is 17.2 Å². The normalized spacial score (nSPS) is 11.9. The highest BCUT2D eigenvalue weighted by Gasteiger charge is 2.16. The van der Waals surface area contributed by atoms with E-state index in [2.05, 4.69) is 24.1 Å². The van der Waals surface area contributed by atoms with Crippen molar-refractivity contribution in [2.24, 2.45) is 5.92 Å². The number of unbranched alkanes of at least 4 members (excludes halogenated alkanes) is 3. The van der Waals surface area contributed by atoms with E-state index < -0.39 is 0 Å². The molecule has 0 aromatic carbocycles. The summed E-state index contributed by atoms with van der Waals surface area (Å²) < 4.78 is 1.73. The van der Waals surface area contributed by atoms with Gasteiger partial charge in [0.2, 0.25) is 0 Å². The van der Waals surface area contributed by atoms with Gasteiger partial charge in [-0.3, -0.25) is 4.79 Å². The van der Waals surface area contributed by atoms with Crippen LogP contribution in [0.1, 0.15) is 66.7 Å². The Labute approximate surface area is 129 Å². The van der Waals surface area contributed by atoms with Gasteiger partial charge in [-0.25, -0.2) is 4.98 Å². The Balaban J connectivity index is 2.38. The third-order valence-electron chi connectivity index (χ3n) is 3.56. The molecule has 1 aromatic heterocycles. The highest BCUT2D eigenvalue weighted by atomic mass is 16.1. The molecule has 0 unspecified atom stereocenters. The van der Waals surface area contributed by atoms with Crippen LogP contribution < -0.4 is 10.9 Å². The molecule has 0 saturated carbocycles. The second kappa shape index (κ2) is 8.20. The maximum atomic E-state index is 12.3. The number of hydrogen-bond donors (Lipinski definition) is 1. The van der Waals surface area contributed by atoms with Gasteiger partial charge >= 0.3 is 0 Å². The SMILES string of the molecule is CC(C)CCCCCCNc1nccn(C(C)(C)C)c1=O. The van der Waals surface area contributed by atoms with Crippen molar-refractivity contribution in [2.75, 3.05) is 11.9 Å². The van der Waals surface area contributed by atoms with Crippen molar-refractivity contribution in [1.82, 2.24) is 9.55 Å². The van der Waals surface area contributed by atoms with Crippen LogP contribution in [0.3, 0.4) is 0 Å². The van der Waals surface area contributed by atoms with Crippen molar-refractivity contribution in [2.45, 2.75) is 72.3 Å². The van der Waals surface area contributed by atoms with Crippen LogP contribution in [-0.4, -0.2) is 16.1 Å². The van der Waals surface area contributed by atoms with Gasteiger partial charge in [0.05, 0.1) is 0 Å². The van der Waals surface area contributed by atoms with E-state index in [1.54, 1.807) is 17.0 Å². The molecule has 0 aliphatic rings. The topological polar surface area (TPSA) is 46.9 Å². The number of hydrogen-bond acceptors (Lipinski definition) is 3. The Kier molecular flexibility index (Phi) is 6.93. The van der Waals surface area contributed by atoms with Gasteiger partial charge in [-0.1, -0.05) is 39.5 Å². The van der Waals surface area contributed by atoms with Crippen LogP contribution in [0.5, 0.6) is 0 Å². The molecule has 21 heavy (non-hydrogen) atoms. The predicted molar refractivity (Wildman–Crippen MR) is 89.9 cm³/mol. The summed E-state index contributed by atoms with van der Waals surface area (Å²) in [6, 6.07) is 0. The zero-order valence-corrected chi connectivity index (χ0v) is 14.3. The van der Waals surface area contributed by atoms with E-state index in [0.717, 1.165) is 18.9 Å². The fourth-order valence-electron chi connectivity index (χ4n) is 2.30. The average Bonchev–Trinajstić information content (AvgIpc) is 2.37. The second-order valence-corrected chi connectivity index (χ2v) is 7.15. The summed E-state index contributed by atoms with van der Waals surface area (Å²) in [7, 11) is 0. The Morgan fingerprint density at radius 2 is 1.86 bits per heavy atom. The highest BCUT2D eigenvalue weighted by Crippen LogP contribution is 2.11. The zero-order valence-electron chi connectivity index (χ0n) is 14.3. The van der Waals surface area contributed by atoms with E-state index in [1.807, 2.05) is 20.8 Å². The molecule has 120 valence electrons. The molecule has 4 nitrogen and oxygen atoms in total. The fourth-order valence-corrected chi connectivity index (χ4v) is 2.30. The molecule has 0 amide bonds. The molecule has 0 atom stereocenters. The smallest absolute Gasteiger partial charge is 0.293 e. The summed E-state index contributed by atoms with van der Waals surface area (Å²) in [6.07, 6.45) is 9.62. The van der Waals surface area contributed by atoms with Crippen molar-refractivity contribution in [3.05, 3.63) is 22.7 Å². The van der Waals surface area contributed by atoms with E-state index in [0.29, 0.717) is 5.82 Å². The summed E-state index contributed by atoms with van der Waals surface area (Å²) in [6.45, 7) is 11.4. The molecule has 1 N–H and O–H groups in total. The number of nitrogens with one attached hydrogen (secondary N) is 1. The molecule has 0 aliphatic heterocycles. The van der Waals surface area contributed by atoms with E-state index in [-0.39, 0.29) is 11.1 Å². The first-order valence-electron chi connectivity index (χ1n) is 8.14. The maximum absolute atomic E-state index is 12.3. The number of aromatic nitrogens is 2. The predicted octanol–water partition coefficient (Wildman–Crippen LogP) is 4.02. The summed E-state index contributed by atoms with van der Waals surface area (Å²) in [5.41, 5.74) is -0.252. The van der Waals surface area contributed by atoms with Gasteiger partial charge < -0.3 is 9.88 Å². The standard InChI is InChI=1S/C17H31N3O/c1-14(2)10-8-6-7-9-11-18-15-16(21)20(13-12-19-15)17(3,4)5/h12-14H,6-11H2,1-5H3,(H,18,19). The average molecular weight is 293 g/mol. The first kappa shape index (κ1) is 17.7. The molecule has 0 radical (unpaired) electrons. The van der Waals surface area contributed by atoms with Gasteiger partial charge in [0, 0.05) is 24.5 Å². The molecule has 0 fully saturated rings. The molecule has 1 rings (SSSR count). The Bertz CT molecular complexity index is 472. The van der Waals surface area contributed by atoms with Crippen LogP contribution in [0.4, 0.5) is 5.82 Å². The Morgan fingerprint density at radius 1 is 1.19 bits per heavy atom. The summed E-state index contributed by atoms with van der Waals surface area (Å²) in [5, 5.41) is 3.18. The number of anilines is 1. The second-order valence-electron chi connectivity index (χ2n) is 7.15. The third-order valence-corrected chi connectivity index (χ3v) is 3.56. The molecule has 4 heteroatoms. The summed E-state index contributed by atoms with van der Waals surface area (Å²) in [4.78, 5) is 16.5. The first-order chi connectivity index (χ1) is 9.82. The van der Waals surface area contributed by atoms with Crippen LogP contribution >= 0.6 is 0 Å². The monoisotopic (exact) mass is 293 g/mol. The largest absolute Gasteiger partial charge is 0.365 e. The molecule has 0 saturated heterocycles. The van der Waals surface area contributed by atoms with Crippen molar-refractivity contribution in [1.29, 1.82) is 0 Å². The van der Waals surface area contributed by atoms with Crippen LogP contribution in [0, 0.1) is 5.92 Å². The van der Waals surface area contributed by atoms with Gasteiger partial charge in [0.1, 0.15) is 0 Å².